The lowest BCUT2D eigenvalue weighted by Crippen LogP contribution is -2.44. The highest BCUT2D eigenvalue weighted by Gasteiger charge is 2.24. The quantitative estimate of drug-likeness (QED) is 0.865. The van der Waals surface area contributed by atoms with Crippen LogP contribution in [0.2, 0.25) is 0 Å². The monoisotopic (exact) mass is 232 g/mol. The van der Waals surface area contributed by atoms with Crippen molar-refractivity contribution in [1.29, 1.82) is 0 Å². The van der Waals surface area contributed by atoms with Gasteiger partial charge in [-0.1, -0.05) is 43.7 Å². The largest absolute Gasteiger partial charge is 0.327 e. The molecule has 1 heterocycles. The number of nitrogens with zero attached hydrogens (tertiary/aromatic N) is 1. The van der Waals surface area contributed by atoms with Crippen LogP contribution in [0.15, 0.2) is 30.3 Å². The number of piperidine rings is 1. The number of rotatable bonds is 4. The van der Waals surface area contributed by atoms with Crippen molar-refractivity contribution in [3.63, 3.8) is 0 Å². The lowest BCUT2D eigenvalue weighted by Gasteiger charge is -2.37. The molecular formula is C15H24N2. The van der Waals surface area contributed by atoms with Crippen LogP contribution in [-0.2, 0) is 0 Å². The van der Waals surface area contributed by atoms with Crippen LogP contribution in [0.1, 0.15) is 44.2 Å². The zero-order chi connectivity index (χ0) is 12.1. The van der Waals surface area contributed by atoms with Crippen LogP contribution in [0.3, 0.4) is 0 Å². The third-order valence-electron chi connectivity index (χ3n) is 3.68. The highest BCUT2D eigenvalue weighted by molar-refractivity contribution is 5.19. The summed E-state index contributed by atoms with van der Waals surface area (Å²) in [5.41, 5.74) is 7.54. The summed E-state index contributed by atoms with van der Waals surface area (Å²) in [5, 5.41) is 0. The first kappa shape index (κ1) is 12.6. The fourth-order valence-corrected chi connectivity index (χ4v) is 2.83. The minimum absolute atomic E-state index is 0.367. The van der Waals surface area contributed by atoms with E-state index in [1.165, 1.54) is 37.8 Å². The summed E-state index contributed by atoms with van der Waals surface area (Å²) in [5.74, 6) is 0. The summed E-state index contributed by atoms with van der Waals surface area (Å²) >= 11 is 0. The van der Waals surface area contributed by atoms with Gasteiger partial charge in [0.2, 0.25) is 0 Å². The Bertz CT molecular complexity index is 323. The molecule has 1 fully saturated rings. The Morgan fingerprint density at radius 1 is 1.35 bits per heavy atom. The lowest BCUT2D eigenvalue weighted by atomic mass is 9.97. The van der Waals surface area contributed by atoms with Gasteiger partial charge in [-0.2, -0.15) is 0 Å². The van der Waals surface area contributed by atoms with E-state index in [0.717, 1.165) is 6.54 Å². The van der Waals surface area contributed by atoms with Gasteiger partial charge in [-0.05, 0) is 31.4 Å². The van der Waals surface area contributed by atoms with E-state index in [-0.39, 0.29) is 0 Å². The van der Waals surface area contributed by atoms with Crippen LogP contribution < -0.4 is 5.73 Å². The van der Waals surface area contributed by atoms with Gasteiger partial charge in [0, 0.05) is 18.6 Å². The molecule has 1 unspecified atom stereocenters. The van der Waals surface area contributed by atoms with E-state index >= 15 is 0 Å². The Balaban J connectivity index is 2.11. The summed E-state index contributed by atoms with van der Waals surface area (Å²) in [6.45, 7) is 4.52. The minimum Gasteiger partial charge on any atom is -0.327 e. The van der Waals surface area contributed by atoms with E-state index in [1.807, 2.05) is 0 Å². The maximum atomic E-state index is 6.10. The molecule has 1 aromatic carbocycles. The molecule has 0 saturated carbocycles. The molecule has 17 heavy (non-hydrogen) atoms. The zero-order valence-corrected chi connectivity index (χ0v) is 10.8. The van der Waals surface area contributed by atoms with Crippen molar-refractivity contribution in [1.82, 2.24) is 4.90 Å². The van der Waals surface area contributed by atoms with Crippen LogP contribution >= 0.6 is 0 Å². The summed E-state index contributed by atoms with van der Waals surface area (Å²) in [6, 6.07) is 11.8. The molecule has 2 heteroatoms. The van der Waals surface area contributed by atoms with Gasteiger partial charge >= 0.3 is 0 Å². The smallest absolute Gasteiger partial charge is 0.0348 e. The molecule has 94 valence electrons. The van der Waals surface area contributed by atoms with Crippen molar-refractivity contribution >= 4 is 0 Å². The number of benzene rings is 1. The van der Waals surface area contributed by atoms with Crippen LogP contribution in [0.25, 0.3) is 0 Å². The van der Waals surface area contributed by atoms with Crippen molar-refractivity contribution in [2.24, 2.45) is 5.73 Å². The third kappa shape index (κ3) is 3.30. The van der Waals surface area contributed by atoms with Crippen molar-refractivity contribution in [2.75, 3.05) is 13.1 Å². The molecule has 2 atom stereocenters. The summed E-state index contributed by atoms with van der Waals surface area (Å²) in [7, 11) is 0. The Morgan fingerprint density at radius 2 is 2.12 bits per heavy atom. The van der Waals surface area contributed by atoms with Gasteiger partial charge in [-0.3, -0.25) is 4.90 Å². The fraction of sp³-hybridized carbons (Fsp3) is 0.600. The van der Waals surface area contributed by atoms with Gasteiger partial charge < -0.3 is 5.73 Å². The number of hydrogen-bond donors (Lipinski definition) is 1. The minimum atomic E-state index is 0.367. The maximum absolute atomic E-state index is 6.10. The Labute approximate surface area is 105 Å². The number of hydrogen-bond acceptors (Lipinski definition) is 2. The molecule has 1 saturated heterocycles. The predicted octanol–water partition coefficient (Wildman–Crippen LogP) is 2.95. The second-order valence-electron chi connectivity index (χ2n) is 5.11. The van der Waals surface area contributed by atoms with Gasteiger partial charge in [0.15, 0.2) is 0 Å². The van der Waals surface area contributed by atoms with Crippen molar-refractivity contribution in [3.8, 4) is 0 Å². The first-order valence-electron chi connectivity index (χ1n) is 6.86. The van der Waals surface area contributed by atoms with Gasteiger partial charge in [0.1, 0.15) is 0 Å². The first-order valence-corrected chi connectivity index (χ1v) is 6.86. The van der Waals surface area contributed by atoms with Crippen LogP contribution in [0, 0.1) is 0 Å². The van der Waals surface area contributed by atoms with E-state index in [4.69, 9.17) is 5.73 Å². The number of likely N-dealkylation sites (tertiary alicyclic amines) is 1. The molecule has 1 aliphatic heterocycles. The first-order chi connectivity index (χ1) is 8.31. The van der Waals surface area contributed by atoms with E-state index in [9.17, 15) is 0 Å². The van der Waals surface area contributed by atoms with Gasteiger partial charge in [0.25, 0.3) is 0 Å². The maximum Gasteiger partial charge on any atom is 0.0348 e. The standard InChI is InChI=1S/C15H24N2/c1-2-7-15(13-8-4-3-5-9-13)17-11-6-10-14(16)12-17/h3-5,8-9,14-15H,2,6-7,10-12,16H2,1H3/t14-,15?/m0/s1. The number of nitrogens with two attached hydrogens (primary N) is 1. The van der Waals surface area contributed by atoms with E-state index < -0.39 is 0 Å². The molecule has 1 aromatic rings. The van der Waals surface area contributed by atoms with Crippen LogP contribution in [-0.4, -0.2) is 24.0 Å². The summed E-state index contributed by atoms with van der Waals surface area (Å²) in [4.78, 5) is 2.58. The molecule has 2 N–H and O–H groups in total. The van der Waals surface area contributed by atoms with Gasteiger partial charge in [-0.15, -0.1) is 0 Å². The molecule has 0 spiro atoms. The summed E-state index contributed by atoms with van der Waals surface area (Å²) < 4.78 is 0. The van der Waals surface area contributed by atoms with Crippen molar-refractivity contribution < 1.29 is 0 Å². The van der Waals surface area contributed by atoms with Gasteiger partial charge in [-0.25, -0.2) is 0 Å². The average molecular weight is 232 g/mol. The SMILES string of the molecule is CCCC(c1ccccc1)N1CCC[C@H](N)C1. The molecule has 0 bridgehead atoms. The van der Waals surface area contributed by atoms with Crippen molar-refractivity contribution in [3.05, 3.63) is 35.9 Å². The lowest BCUT2D eigenvalue weighted by molar-refractivity contribution is 0.141. The summed E-state index contributed by atoms with van der Waals surface area (Å²) in [6.07, 6.45) is 4.89. The van der Waals surface area contributed by atoms with E-state index in [2.05, 4.69) is 42.2 Å². The Morgan fingerprint density at radius 3 is 2.76 bits per heavy atom. The second-order valence-corrected chi connectivity index (χ2v) is 5.11. The third-order valence-corrected chi connectivity index (χ3v) is 3.68. The van der Waals surface area contributed by atoms with Crippen LogP contribution in [0.4, 0.5) is 0 Å². The second kappa shape index (κ2) is 6.18. The average Bonchev–Trinajstić information content (AvgIpc) is 2.37. The van der Waals surface area contributed by atoms with Crippen molar-refractivity contribution in [2.45, 2.75) is 44.7 Å². The molecule has 2 nitrogen and oxygen atoms in total. The van der Waals surface area contributed by atoms with Gasteiger partial charge in [0.05, 0.1) is 0 Å². The molecule has 0 radical (unpaired) electrons. The fourth-order valence-electron chi connectivity index (χ4n) is 2.83. The molecule has 0 aliphatic carbocycles. The highest BCUT2D eigenvalue weighted by atomic mass is 15.2. The van der Waals surface area contributed by atoms with E-state index in [1.54, 1.807) is 0 Å². The zero-order valence-electron chi connectivity index (χ0n) is 10.8. The highest BCUT2D eigenvalue weighted by Crippen LogP contribution is 2.28. The Kier molecular flexibility index (Phi) is 4.57. The molecular weight excluding hydrogens is 208 g/mol. The molecule has 0 amide bonds. The van der Waals surface area contributed by atoms with E-state index in [0.29, 0.717) is 12.1 Å². The topological polar surface area (TPSA) is 29.3 Å². The van der Waals surface area contributed by atoms with Crippen LogP contribution in [0.5, 0.6) is 0 Å². The Hall–Kier alpha value is -0.860. The molecule has 0 aromatic heterocycles. The molecule has 2 rings (SSSR count). The predicted molar refractivity (Wildman–Crippen MR) is 72.9 cm³/mol. The molecule has 1 aliphatic rings. The normalized spacial score (nSPS) is 23.5.